The van der Waals surface area contributed by atoms with Crippen LogP contribution < -0.4 is 10.6 Å². The number of nitrogens with one attached hydrogen (secondary N) is 2. The first-order valence-electron chi connectivity index (χ1n) is 3.68. The molecule has 0 spiro atoms. The van der Waals surface area contributed by atoms with Crippen molar-refractivity contribution in [2.45, 2.75) is 32.9 Å². The third-order valence-corrected chi connectivity index (χ3v) is 1.91. The number of urea groups is 1. The number of carbonyl (C=O) groups is 1. The molecule has 0 bridgehead atoms. The Balaban J connectivity index is 2.54. The zero-order valence-corrected chi connectivity index (χ0v) is 6.64. The van der Waals surface area contributed by atoms with Gasteiger partial charge < -0.3 is 10.6 Å². The zero-order chi connectivity index (χ0) is 7.72. The van der Waals surface area contributed by atoms with Crippen molar-refractivity contribution in [1.82, 2.24) is 10.6 Å². The van der Waals surface area contributed by atoms with E-state index in [0.29, 0.717) is 12.0 Å². The molecule has 58 valence electrons. The summed E-state index contributed by atoms with van der Waals surface area (Å²) < 4.78 is 0. The molecule has 0 aromatic rings. The molecule has 0 aliphatic carbocycles. The molecule has 0 aromatic heterocycles. The van der Waals surface area contributed by atoms with Crippen LogP contribution in [0.3, 0.4) is 0 Å². The monoisotopic (exact) mass is 142 g/mol. The van der Waals surface area contributed by atoms with Gasteiger partial charge in [0.15, 0.2) is 0 Å². The SMILES string of the molecule is CC(C)C1NC(=O)NC1C. The lowest BCUT2D eigenvalue weighted by molar-refractivity contribution is 0.246. The summed E-state index contributed by atoms with van der Waals surface area (Å²) in [7, 11) is 0. The predicted octanol–water partition coefficient (Wildman–Crippen LogP) is 0.712. The highest BCUT2D eigenvalue weighted by Crippen LogP contribution is 2.10. The van der Waals surface area contributed by atoms with Crippen molar-refractivity contribution < 1.29 is 4.79 Å². The van der Waals surface area contributed by atoms with Crippen molar-refractivity contribution >= 4 is 6.03 Å². The van der Waals surface area contributed by atoms with Gasteiger partial charge in [-0.3, -0.25) is 0 Å². The quantitative estimate of drug-likeness (QED) is 0.556. The van der Waals surface area contributed by atoms with Crippen molar-refractivity contribution in [3.8, 4) is 0 Å². The molecule has 10 heavy (non-hydrogen) atoms. The van der Waals surface area contributed by atoms with Crippen molar-refractivity contribution in [3.63, 3.8) is 0 Å². The Morgan fingerprint density at radius 1 is 1.40 bits per heavy atom. The molecule has 3 heteroatoms. The van der Waals surface area contributed by atoms with Crippen LogP contribution in [-0.2, 0) is 0 Å². The standard InChI is InChI=1S/C7H14N2O/c1-4(2)6-5(3)8-7(10)9-6/h4-6H,1-3H3,(H2,8,9,10). The molecule has 2 amide bonds. The summed E-state index contributed by atoms with van der Waals surface area (Å²) >= 11 is 0. The summed E-state index contributed by atoms with van der Waals surface area (Å²) in [6.45, 7) is 6.23. The van der Waals surface area contributed by atoms with Crippen LogP contribution in [0.5, 0.6) is 0 Å². The van der Waals surface area contributed by atoms with E-state index < -0.39 is 0 Å². The number of carbonyl (C=O) groups excluding carboxylic acids is 1. The third-order valence-electron chi connectivity index (χ3n) is 1.91. The highest BCUT2D eigenvalue weighted by Gasteiger charge is 2.29. The molecule has 1 heterocycles. The minimum absolute atomic E-state index is 0.0359. The van der Waals surface area contributed by atoms with Crippen LogP contribution >= 0.6 is 0 Å². The minimum atomic E-state index is -0.0359. The third kappa shape index (κ3) is 1.23. The second kappa shape index (κ2) is 2.48. The van der Waals surface area contributed by atoms with E-state index >= 15 is 0 Å². The molecule has 2 atom stereocenters. The van der Waals surface area contributed by atoms with E-state index in [4.69, 9.17) is 0 Å². The van der Waals surface area contributed by atoms with Gasteiger partial charge in [0, 0.05) is 6.04 Å². The normalized spacial score (nSPS) is 32.2. The van der Waals surface area contributed by atoms with Crippen LogP contribution in [0.15, 0.2) is 0 Å². The Kier molecular flexibility index (Phi) is 1.83. The maximum Gasteiger partial charge on any atom is 0.315 e. The van der Waals surface area contributed by atoms with Crippen molar-refractivity contribution in [2.75, 3.05) is 0 Å². The summed E-state index contributed by atoms with van der Waals surface area (Å²) in [5, 5.41) is 5.65. The molecule has 1 saturated heterocycles. The van der Waals surface area contributed by atoms with Crippen molar-refractivity contribution in [2.24, 2.45) is 5.92 Å². The van der Waals surface area contributed by atoms with Crippen molar-refractivity contribution in [1.29, 1.82) is 0 Å². The van der Waals surface area contributed by atoms with Crippen LogP contribution in [0, 0.1) is 5.92 Å². The second-order valence-corrected chi connectivity index (χ2v) is 3.18. The fraction of sp³-hybridized carbons (Fsp3) is 0.857. The number of hydrogen-bond acceptors (Lipinski definition) is 1. The summed E-state index contributed by atoms with van der Waals surface area (Å²) in [5.41, 5.74) is 0. The lowest BCUT2D eigenvalue weighted by atomic mass is 10.00. The molecular formula is C7H14N2O. The van der Waals surface area contributed by atoms with Crippen molar-refractivity contribution in [3.05, 3.63) is 0 Å². The minimum Gasteiger partial charge on any atom is -0.334 e. The van der Waals surface area contributed by atoms with Crippen LogP contribution in [0.4, 0.5) is 4.79 Å². The molecule has 1 aliphatic rings. The number of hydrogen-bond donors (Lipinski definition) is 2. The van der Waals surface area contributed by atoms with Gasteiger partial charge in [-0.1, -0.05) is 13.8 Å². The van der Waals surface area contributed by atoms with Crippen LogP contribution in [0.1, 0.15) is 20.8 Å². The summed E-state index contributed by atoms with van der Waals surface area (Å²) in [6, 6.07) is 0.534. The number of rotatable bonds is 1. The van der Waals surface area contributed by atoms with Crippen LogP contribution in [0.25, 0.3) is 0 Å². The Bertz CT molecular complexity index is 145. The average molecular weight is 142 g/mol. The van der Waals surface area contributed by atoms with Crippen LogP contribution in [-0.4, -0.2) is 18.1 Å². The molecule has 0 aromatic carbocycles. The van der Waals surface area contributed by atoms with Gasteiger partial charge in [-0.25, -0.2) is 4.79 Å². The first kappa shape index (κ1) is 7.38. The Morgan fingerprint density at radius 2 is 2.00 bits per heavy atom. The first-order chi connectivity index (χ1) is 4.61. The Hall–Kier alpha value is -0.730. The zero-order valence-electron chi connectivity index (χ0n) is 6.64. The highest BCUT2D eigenvalue weighted by atomic mass is 16.2. The first-order valence-corrected chi connectivity index (χ1v) is 3.68. The lowest BCUT2D eigenvalue weighted by Crippen LogP contribution is -2.35. The number of amides is 2. The topological polar surface area (TPSA) is 41.1 Å². The van der Waals surface area contributed by atoms with Gasteiger partial charge in [-0.05, 0) is 12.8 Å². The predicted molar refractivity (Wildman–Crippen MR) is 39.8 cm³/mol. The fourth-order valence-electron chi connectivity index (χ4n) is 1.36. The summed E-state index contributed by atoms with van der Waals surface area (Å²) in [4.78, 5) is 10.7. The van der Waals surface area contributed by atoms with Gasteiger partial charge in [0.2, 0.25) is 0 Å². The van der Waals surface area contributed by atoms with Gasteiger partial charge in [-0.2, -0.15) is 0 Å². The van der Waals surface area contributed by atoms with Crippen LogP contribution in [0.2, 0.25) is 0 Å². The van der Waals surface area contributed by atoms with E-state index in [0.717, 1.165) is 0 Å². The molecule has 2 N–H and O–H groups in total. The van der Waals surface area contributed by atoms with E-state index in [9.17, 15) is 4.79 Å². The molecule has 1 fully saturated rings. The molecule has 1 rings (SSSR count). The molecular weight excluding hydrogens is 128 g/mol. The van der Waals surface area contributed by atoms with E-state index in [1.54, 1.807) is 0 Å². The maximum absolute atomic E-state index is 10.7. The lowest BCUT2D eigenvalue weighted by Gasteiger charge is -2.17. The molecule has 0 radical (unpaired) electrons. The average Bonchev–Trinajstić information content (AvgIpc) is 2.10. The Labute approximate surface area is 61.2 Å². The second-order valence-electron chi connectivity index (χ2n) is 3.18. The molecule has 2 unspecified atom stereocenters. The van der Waals surface area contributed by atoms with E-state index in [-0.39, 0.29) is 12.1 Å². The highest BCUT2D eigenvalue weighted by molar-refractivity contribution is 5.77. The maximum atomic E-state index is 10.7. The van der Waals surface area contributed by atoms with Gasteiger partial charge >= 0.3 is 6.03 Å². The van der Waals surface area contributed by atoms with Gasteiger partial charge in [0.05, 0.1) is 6.04 Å². The molecule has 0 saturated carbocycles. The summed E-state index contributed by atoms with van der Waals surface area (Å²) in [6.07, 6.45) is 0. The Morgan fingerprint density at radius 3 is 2.20 bits per heavy atom. The smallest absolute Gasteiger partial charge is 0.315 e. The molecule has 1 aliphatic heterocycles. The summed E-state index contributed by atoms with van der Waals surface area (Å²) in [5.74, 6) is 0.508. The van der Waals surface area contributed by atoms with E-state index in [1.807, 2.05) is 6.92 Å². The van der Waals surface area contributed by atoms with Gasteiger partial charge in [-0.15, -0.1) is 0 Å². The largest absolute Gasteiger partial charge is 0.334 e. The van der Waals surface area contributed by atoms with Gasteiger partial charge in [0.25, 0.3) is 0 Å². The fourth-order valence-corrected chi connectivity index (χ4v) is 1.36. The molecule has 3 nitrogen and oxygen atoms in total. The van der Waals surface area contributed by atoms with E-state index in [2.05, 4.69) is 24.5 Å². The van der Waals surface area contributed by atoms with Gasteiger partial charge in [0.1, 0.15) is 0 Å². The van der Waals surface area contributed by atoms with E-state index in [1.165, 1.54) is 0 Å².